The molecule has 3 rings (SSSR count). The van der Waals surface area contributed by atoms with Crippen LogP contribution in [0, 0.1) is 18.8 Å². The maximum atomic E-state index is 13.3. The minimum Gasteiger partial charge on any atom is -0.355 e. The molecule has 1 fully saturated rings. The Bertz CT molecular complexity index is 884. The van der Waals surface area contributed by atoms with Crippen LogP contribution in [0.1, 0.15) is 50.7 Å². The molecule has 0 aromatic heterocycles. The zero-order valence-electron chi connectivity index (χ0n) is 19.2. The van der Waals surface area contributed by atoms with Crippen LogP contribution in [0.25, 0.3) is 0 Å². The lowest BCUT2D eigenvalue weighted by atomic mass is 9.85. The molecule has 172 valence electrons. The minimum absolute atomic E-state index is 0.00602. The number of carbonyl (C=O) groups excluding carboxylic acids is 4. The third-order valence-electron chi connectivity index (χ3n) is 6.32. The molecule has 1 aliphatic carbocycles. The first-order valence-electron chi connectivity index (χ1n) is 11.5. The van der Waals surface area contributed by atoms with Crippen molar-refractivity contribution in [3.63, 3.8) is 0 Å². The molecular weight excluding hydrogens is 406 g/mol. The Hall–Kier alpha value is -2.96. The summed E-state index contributed by atoms with van der Waals surface area (Å²) in [5, 5.41) is 2.82. The van der Waals surface area contributed by atoms with Crippen LogP contribution in [0.15, 0.2) is 36.4 Å². The number of imide groups is 1. The number of allylic oxidation sites excluding steroid dienone is 2. The van der Waals surface area contributed by atoms with Gasteiger partial charge in [0.2, 0.25) is 23.6 Å². The van der Waals surface area contributed by atoms with Gasteiger partial charge in [-0.3, -0.25) is 24.1 Å². The van der Waals surface area contributed by atoms with Crippen molar-refractivity contribution in [1.82, 2.24) is 15.1 Å². The molecule has 0 saturated carbocycles. The highest BCUT2D eigenvalue weighted by atomic mass is 16.2. The summed E-state index contributed by atoms with van der Waals surface area (Å²) in [7, 11) is 0. The number of hydrogen-bond acceptors (Lipinski definition) is 4. The largest absolute Gasteiger partial charge is 0.355 e. The predicted molar refractivity (Wildman–Crippen MR) is 121 cm³/mol. The molecule has 1 saturated heterocycles. The van der Waals surface area contributed by atoms with Crippen molar-refractivity contribution in [2.75, 3.05) is 13.1 Å². The van der Waals surface area contributed by atoms with E-state index in [9.17, 15) is 19.2 Å². The molecule has 1 heterocycles. The summed E-state index contributed by atoms with van der Waals surface area (Å²) in [5.74, 6) is -1.40. The van der Waals surface area contributed by atoms with Gasteiger partial charge in [-0.25, -0.2) is 0 Å². The fraction of sp³-hybridized carbons (Fsp3) is 0.520. The van der Waals surface area contributed by atoms with E-state index in [4.69, 9.17) is 0 Å². The highest BCUT2D eigenvalue weighted by molar-refractivity contribution is 6.05. The SMILES string of the molecule is CCNC(=O)[C@H](CC)N(Cc1cccc(C)c1)C(=O)CCN1C(=O)[C@H]2CC=CC[C@H]2C1=O. The van der Waals surface area contributed by atoms with Crippen LogP contribution in [0.3, 0.4) is 0 Å². The van der Waals surface area contributed by atoms with Gasteiger partial charge < -0.3 is 10.2 Å². The molecule has 4 amide bonds. The van der Waals surface area contributed by atoms with Crippen molar-refractivity contribution in [2.24, 2.45) is 11.8 Å². The first-order valence-corrected chi connectivity index (χ1v) is 11.5. The molecular formula is C25H33N3O4. The third kappa shape index (κ3) is 5.09. The van der Waals surface area contributed by atoms with E-state index in [2.05, 4.69) is 5.32 Å². The smallest absolute Gasteiger partial charge is 0.242 e. The van der Waals surface area contributed by atoms with Crippen molar-refractivity contribution in [3.05, 3.63) is 47.5 Å². The topological polar surface area (TPSA) is 86.8 Å². The average molecular weight is 440 g/mol. The van der Waals surface area contributed by atoms with E-state index in [1.165, 1.54) is 4.90 Å². The Morgan fingerprint density at radius 1 is 1.12 bits per heavy atom. The van der Waals surface area contributed by atoms with E-state index in [0.29, 0.717) is 32.4 Å². The van der Waals surface area contributed by atoms with Crippen molar-refractivity contribution < 1.29 is 19.2 Å². The molecule has 3 atom stereocenters. The number of amides is 4. The van der Waals surface area contributed by atoms with E-state index < -0.39 is 6.04 Å². The highest BCUT2D eigenvalue weighted by Gasteiger charge is 2.47. The summed E-state index contributed by atoms with van der Waals surface area (Å²) < 4.78 is 0. The monoisotopic (exact) mass is 439 g/mol. The zero-order valence-corrected chi connectivity index (χ0v) is 19.2. The lowest BCUT2D eigenvalue weighted by Crippen LogP contribution is -2.49. The molecule has 0 radical (unpaired) electrons. The number of aryl methyl sites for hydroxylation is 1. The van der Waals surface area contributed by atoms with Crippen LogP contribution in [0.5, 0.6) is 0 Å². The lowest BCUT2D eigenvalue weighted by molar-refractivity contribution is -0.144. The van der Waals surface area contributed by atoms with Gasteiger partial charge in [0, 0.05) is 26.1 Å². The number of likely N-dealkylation sites (tertiary alicyclic amines) is 1. The normalized spacial score (nSPS) is 20.8. The summed E-state index contributed by atoms with van der Waals surface area (Å²) >= 11 is 0. The Morgan fingerprint density at radius 2 is 1.78 bits per heavy atom. The number of nitrogens with one attached hydrogen (secondary N) is 1. The first-order chi connectivity index (χ1) is 15.4. The van der Waals surface area contributed by atoms with Crippen molar-refractivity contribution >= 4 is 23.6 Å². The maximum Gasteiger partial charge on any atom is 0.242 e. The number of carbonyl (C=O) groups is 4. The van der Waals surface area contributed by atoms with Gasteiger partial charge >= 0.3 is 0 Å². The average Bonchev–Trinajstić information content (AvgIpc) is 3.02. The number of nitrogens with zero attached hydrogens (tertiary/aromatic N) is 2. The molecule has 1 aromatic carbocycles. The molecule has 0 unspecified atom stereocenters. The molecule has 0 spiro atoms. The zero-order chi connectivity index (χ0) is 23.3. The van der Waals surface area contributed by atoms with Crippen LogP contribution in [-0.4, -0.2) is 52.6 Å². The van der Waals surface area contributed by atoms with E-state index in [1.807, 2.05) is 57.2 Å². The van der Waals surface area contributed by atoms with Crippen LogP contribution < -0.4 is 5.32 Å². The van der Waals surface area contributed by atoms with Crippen LogP contribution >= 0.6 is 0 Å². The fourth-order valence-corrected chi connectivity index (χ4v) is 4.66. The molecule has 7 heteroatoms. The van der Waals surface area contributed by atoms with E-state index in [-0.39, 0.29) is 48.4 Å². The van der Waals surface area contributed by atoms with Gasteiger partial charge in [-0.1, -0.05) is 48.9 Å². The Labute approximate surface area is 189 Å². The highest BCUT2D eigenvalue weighted by Crippen LogP contribution is 2.35. The summed E-state index contributed by atoms with van der Waals surface area (Å²) in [4.78, 5) is 54.3. The lowest BCUT2D eigenvalue weighted by Gasteiger charge is -2.31. The molecule has 1 aliphatic heterocycles. The molecule has 32 heavy (non-hydrogen) atoms. The summed E-state index contributed by atoms with van der Waals surface area (Å²) in [5.41, 5.74) is 2.01. The van der Waals surface area contributed by atoms with Crippen molar-refractivity contribution in [3.8, 4) is 0 Å². The fourth-order valence-electron chi connectivity index (χ4n) is 4.66. The first kappa shape index (κ1) is 23.7. The number of likely N-dealkylation sites (N-methyl/N-ethyl adjacent to an activating group) is 1. The van der Waals surface area contributed by atoms with Crippen LogP contribution in [0.4, 0.5) is 0 Å². The molecule has 0 bridgehead atoms. The van der Waals surface area contributed by atoms with E-state index in [1.54, 1.807) is 4.90 Å². The quantitative estimate of drug-likeness (QED) is 0.473. The Morgan fingerprint density at radius 3 is 2.34 bits per heavy atom. The van der Waals surface area contributed by atoms with Crippen LogP contribution in [0.2, 0.25) is 0 Å². The number of fused-ring (bicyclic) bond motifs is 1. The number of benzene rings is 1. The van der Waals surface area contributed by atoms with Crippen molar-refractivity contribution in [1.29, 1.82) is 0 Å². The maximum absolute atomic E-state index is 13.3. The Kier molecular flexibility index (Phi) is 7.83. The second-order valence-electron chi connectivity index (χ2n) is 8.56. The van der Waals surface area contributed by atoms with Gasteiger partial charge in [0.1, 0.15) is 6.04 Å². The molecule has 1 N–H and O–H groups in total. The van der Waals surface area contributed by atoms with Gasteiger partial charge in [-0.2, -0.15) is 0 Å². The van der Waals surface area contributed by atoms with Gasteiger partial charge in [-0.05, 0) is 38.7 Å². The second kappa shape index (κ2) is 10.6. The summed E-state index contributed by atoms with van der Waals surface area (Å²) in [6.07, 6.45) is 5.53. The minimum atomic E-state index is -0.611. The van der Waals surface area contributed by atoms with Gasteiger partial charge in [0.05, 0.1) is 11.8 Å². The van der Waals surface area contributed by atoms with E-state index >= 15 is 0 Å². The van der Waals surface area contributed by atoms with E-state index in [0.717, 1.165) is 11.1 Å². The molecule has 1 aromatic rings. The van der Waals surface area contributed by atoms with Crippen molar-refractivity contribution in [2.45, 2.75) is 59.0 Å². The summed E-state index contributed by atoms with van der Waals surface area (Å²) in [6.45, 7) is 6.54. The third-order valence-corrected chi connectivity index (χ3v) is 6.32. The number of rotatable bonds is 9. The van der Waals surface area contributed by atoms with Gasteiger partial charge in [-0.15, -0.1) is 0 Å². The molecule has 7 nitrogen and oxygen atoms in total. The predicted octanol–water partition coefficient (Wildman–Crippen LogP) is 2.58. The Balaban J connectivity index is 1.75. The summed E-state index contributed by atoms with van der Waals surface area (Å²) in [6, 6.07) is 7.23. The number of hydrogen-bond donors (Lipinski definition) is 1. The second-order valence-corrected chi connectivity index (χ2v) is 8.56. The van der Waals surface area contributed by atoms with Gasteiger partial charge in [0.25, 0.3) is 0 Å². The standard InChI is InChI=1S/C25H33N3O4/c1-4-21(23(30)26-5-2)28(16-18-10-8-9-17(3)15-18)22(29)13-14-27-24(31)19-11-6-7-12-20(19)25(27)32/h6-10,15,19-21H,4-5,11-14,16H2,1-3H3,(H,26,30)/t19-,20+,21-/m0/s1. The molecule has 2 aliphatic rings. The van der Waals surface area contributed by atoms with Crippen LogP contribution in [-0.2, 0) is 25.7 Å². The van der Waals surface area contributed by atoms with Gasteiger partial charge in [0.15, 0.2) is 0 Å².